The first kappa shape index (κ1) is 18.0. The molecule has 1 rings (SSSR count). The number of nitrogens with two attached hydrogens (primary N) is 1. The quantitative estimate of drug-likeness (QED) is 0.440. The number of carbonyl (C=O) groups excluding carboxylic acids is 1. The number of nitrogens with one attached hydrogen (secondary N) is 1. The van der Waals surface area contributed by atoms with Crippen LogP contribution in [0.2, 0.25) is 0 Å². The van der Waals surface area contributed by atoms with Gasteiger partial charge in [0.05, 0.1) is 0 Å². The number of aryl methyl sites for hydroxylation is 2. The normalized spacial score (nSPS) is 11.6. The van der Waals surface area contributed by atoms with Crippen LogP contribution in [0.25, 0.3) is 0 Å². The molecule has 0 aliphatic heterocycles. The number of oxime groups is 1. The lowest BCUT2D eigenvalue weighted by Gasteiger charge is -2.12. The number of hydrogen-bond acceptors (Lipinski definition) is 3. The lowest BCUT2D eigenvalue weighted by molar-refractivity contribution is -0.120. The second-order valence-corrected chi connectivity index (χ2v) is 5.80. The summed E-state index contributed by atoms with van der Waals surface area (Å²) < 4.78 is 0. The molecule has 0 fully saturated rings. The van der Waals surface area contributed by atoms with E-state index in [9.17, 15) is 4.79 Å². The van der Waals surface area contributed by atoms with Gasteiger partial charge in [0, 0.05) is 12.1 Å². The summed E-state index contributed by atoms with van der Waals surface area (Å²) in [5.74, 6) is 0.751. The molecule has 1 aromatic carbocycles. The van der Waals surface area contributed by atoms with Crippen LogP contribution in [0.4, 0.5) is 5.69 Å². The van der Waals surface area contributed by atoms with Gasteiger partial charge in [0.2, 0.25) is 0 Å². The highest BCUT2D eigenvalue weighted by atomic mass is 16.6. The molecule has 122 valence electrons. The maximum atomic E-state index is 11.9. The van der Waals surface area contributed by atoms with Crippen LogP contribution in [-0.2, 0) is 16.1 Å². The Morgan fingerprint density at radius 3 is 2.77 bits per heavy atom. The number of hydrogen-bond donors (Lipinski definition) is 2. The third-order valence-electron chi connectivity index (χ3n) is 3.36. The van der Waals surface area contributed by atoms with Crippen LogP contribution in [0.1, 0.15) is 44.7 Å². The summed E-state index contributed by atoms with van der Waals surface area (Å²) in [5, 5.41) is 6.66. The molecule has 0 aliphatic carbocycles. The highest BCUT2D eigenvalue weighted by molar-refractivity contribution is 5.93. The predicted octanol–water partition coefficient (Wildman–Crippen LogP) is 3.22. The van der Waals surface area contributed by atoms with Gasteiger partial charge in [-0.05, 0) is 36.8 Å². The average molecular weight is 305 g/mol. The summed E-state index contributed by atoms with van der Waals surface area (Å²) in [4.78, 5) is 17.0. The fourth-order valence-corrected chi connectivity index (χ4v) is 2.03. The van der Waals surface area contributed by atoms with Gasteiger partial charge < -0.3 is 15.9 Å². The van der Waals surface area contributed by atoms with Gasteiger partial charge in [-0.2, -0.15) is 0 Å². The molecule has 0 radical (unpaired) electrons. The minimum atomic E-state index is -0.232. The molecule has 0 heterocycles. The molecule has 0 bridgehead atoms. The maximum Gasteiger partial charge on any atom is 0.265 e. The average Bonchev–Trinajstić information content (AvgIpc) is 2.47. The van der Waals surface area contributed by atoms with E-state index in [0.29, 0.717) is 18.2 Å². The molecule has 0 saturated carbocycles. The molecular weight excluding hydrogens is 278 g/mol. The Kier molecular flexibility index (Phi) is 7.43. The number of amides is 1. The van der Waals surface area contributed by atoms with Crippen LogP contribution in [0.15, 0.2) is 23.4 Å². The van der Waals surface area contributed by atoms with Gasteiger partial charge in [-0.15, -0.1) is 0 Å². The number of para-hydroxylation sites is 1. The van der Waals surface area contributed by atoms with Crippen LogP contribution in [0.3, 0.4) is 0 Å². The first-order valence-corrected chi connectivity index (χ1v) is 7.76. The summed E-state index contributed by atoms with van der Waals surface area (Å²) in [6.45, 7) is 8.13. The second kappa shape index (κ2) is 9.07. The van der Waals surface area contributed by atoms with Crippen LogP contribution in [0, 0.1) is 12.8 Å². The lowest BCUT2D eigenvalue weighted by atomic mass is 10.1. The van der Waals surface area contributed by atoms with Crippen molar-refractivity contribution in [3.05, 3.63) is 29.3 Å². The standard InChI is InChI=1S/C17H27N3O2/c1-5-14-8-6-7-13(4)17(14)19-16(21)11-22-20-15(18)10-9-12(2)3/h6-8,12H,5,9-11H2,1-4H3,(H2,18,20)(H,19,21). The van der Waals surface area contributed by atoms with E-state index in [2.05, 4.69) is 31.2 Å². The van der Waals surface area contributed by atoms with Crippen LogP contribution < -0.4 is 11.1 Å². The van der Waals surface area contributed by atoms with Crippen molar-refractivity contribution in [2.75, 3.05) is 11.9 Å². The van der Waals surface area contributed by atoms with Crippen molar-refractivity contribution in [2.45, 2.75) is 47.0 Å². The van der Waals surface area contributed by atoms with Crippen molar-refractivity contribution in [2.24, 2.45) is 16.8 Å². The Hall–Kier alpha value is -2.04. The molecule has 5 nitrogen and oxygen atoms in total. The number of benzene rings is 1. The monoisotopic (exact) mass is 305 g/mol. The second-order valence-electron chi connectivity index (χ2n) is 5.80. The molecule has 1 amide bonds. The fraction of sp³-hybridized carbons (Fsp3) is 0.529. The van der Waals surface area contributed by atoms with E-state index in [0.717, 1.165) is 29.7 Å². The number of nitrogens with zero attached hydrogens (tertiary/aromatic N) is 1. The fourth-order valence-electron chi connectivity index (χ4n) is 2.03. The van der Waals surface area contributed by atoms with Gasteiger partial charge in [0.25, 0.3) is 5.91 Å². The van der Waals surface area contributed by atoms with Crippen molar-refractivity contribution >= 4 is 17.4 Å². The van der Waals surface area contributed by atoms with E-state index in [4.69, 9.17) is 10.6 Å². The van der Waals surface area contributed by atoms with E-state index in [1.165, 1.54) is 0 Å². The largest absolute Gasteiger partial charge is 0.384 e. The van der Waals surface area contributed by atoms with Crippen molar-refractivity contribution in [1.82, 2.24) is 0 Å². The first-order chi connectivity index (χ1) is 10.4. The summed E-state index contributed by atoms with van der Waals surface area (Å²) in [6.07, 6.45) is 2.49. The van der Waals surface area contributed by atoms with E-state index in [1.54, 1.807) is 0 Å². The van der Waals surface area contributed by atoms with E-state index in [1.807, 2.05) is 25.1 Å². The molecule has 0 saturated heterocycles. The zero-order valence-corrected chi connectivity index (χ0v) is 14.0. The molecule has 0 aromatic heterocycles. The number of amidine groups is 1. The summed E-state index contributed by atoms with van der Waals surface area (Å²) in [7, 11) is 0. The van der Waals surface area contributed by atoms with Gasteiger partial charge in [-0.3, -0.25) is 4.79 Å². The molecule has 5 heteroatoms. The molecule has 3 N–H and O–H groups in total. The molecular formula is C17H27N3O2. The van der Waals surface area contributed by atoms with Crippen molar-refractivity contribution in [1.29, 1.82) is 0 Å². The summed E-state index contributed by atoms with van der Waals surface area (Å²) in [6, 6.07) is 5.96. The van der Waals surface area contributed by atoms with Crippen molar-refractivity contribution < 1.29 is 9.63 Å². The van der Waals surface area contributed by atoms with Crippen LogP contribution in [-0.4, -0.2) is 18.3 Å². The van der Waals surface area contributed by atoms with Gasteiger partial charge in [0.15, 0.2) is 6.61 Å². The van der Waals surface area contributed by atoms with Gasteiger partial charge in [-0.25, -0.2) is 0 Å². The molecule has 0 spiro atoms. The number of carbonyl (C=O) groups is 1. The topological polar surface area (TPSA) is 76.7 Å². The third kappa shape index (κ3) is 6.16. The Morgan fingerprint density at radius 1 is 1.41 bits per heavy atom. The highest BCUT2D eigenvalue weighted by Gasteiger charge is 2.09. The van der Waals surface area contributed by atoms with Gasteiger partial charge in [0.1, 0.15) is 5.84 Å². The Balaban J connectivity index is 2.49. The highest BCUT2D eigenvalue weighted by Crippen LogP contribution is 2.20. The first-order valence-electron chi connectivity index (χ1n) is 7.76. The zero-order valence-electron chi connectivity index (χ0n) is 14.0. The lowest BCUT2D eigenvalue weighted by Crippen LogP contribution is -2.20. The third-order valence-corrected chi connectivity index (χ3v) is 3.36. The van der Waals surface area contributed by atoms with E-state index in [-0.39, 0.29) is 12.5 Å². The minimum Gasteiger partial charge on any atom is -0.384 e. The van der Waals surface area contributed by atoms with E-state index >= 15 is 0 Å². The SMILES string of the molecule is CCc1cccc(C)c1NC(=O)CO/N=C(\N)CCC(C)C. The number of anilines is 1. The number of rotatable bonds is 8. The maximum absolute atomic E-state index is 11.9. The van der Waals surface area contributed by atoms with Gasteiger partial charge in [-0.1, -0.05) is 44.1 Å². The Labute approximate surface area is 132 Å². The smallest absolute Gasteiger partial charge is 0.265 e. The van der Waals surface area contributed by atoms with Gasteiger partial charge >= 0.3 is 0 Å². The van der Waals surface area contributed by atoms with E-state index < -0.39 is 0 Å². The summed E-state index contributed by atoms with van der Waals surface area (Å²) >= 11 is 0. The van der Waals surface area contributed by atoms with Crippen molar-refractivity contribution in [3.63, 3.8) is 0 Å². The molecule has 0 aliphatic rings. The molecule has 0 unspecified atom stereocenters. The van der Waals surface area contributed by atoms with Crippen LogP contribution in [0.5, 0.6) is 0 Å². The molecule has 22 heavy (non-hydrogen) atoms. The minimum absolute atomic E-state index is 0.139. The van der Waals surface area contributed by atoms with Crippen molar-refractivity contribution in [3.8, 4) is 0 Å². The summed E-state index contributed by atoms with van der Waals surface area (Å²) in [5.41, 5.74) is 8.72. The zero-order chi connectivity index (χ0) is 16.5. The molecule has 0 atom stereocenters. The molecule has 1 aromatic rings. The predicted molar refractivity (Wildman–Crippen MR) is 90.8 cm³/mol. The Morgan fingerprint density at radius 2 is 2.14 bits per heavy atom. The Bertz CT molecular complexity index is 525. The van der Waals surface area contributed by atoms with Crippen LogP contribution >= 0.6 is 0 Å².